The third-order valence-corrected chi connectivity index (χ3v) is 3.93. The summed E-state index contributed by atoms with van der Waals surface area (Å²) in [6, 6.07) is 13.6. The van der Waals surface area contributed by atoms with Gasteiger partial charge in [0.1, 0.15) is 23.9 Å². The van der Waals surface area contributed by atoms with Gasteiger partial charge in [0.05, 0.1) is 11.3 Å². The van der Waals surface area contributed by atoms with Gasteiger partial charge in [-0.25, -0.2) is 0 Å². The number of carbonyl (C=O) groups is 1. The van der Waals surface area contributed by atoms with Gasteiger partial charge in [0.15, 0.2) is 5.69 Å². The van der Waals surface area contributed by atoms with E-state index in [0.29, 0.717) is 17.1 Å². The molecule has 3 rings (SSSR count). The van der Waals surface area contributed by atoms with Gasteiger partial charge < -0.3 is 19.3 Å². The van der Waals surface area contributed by atoms with Gasteiger partial charge in [-0.3, -0.25) is 4.79 Å². The largest absolute Gasteiger partial charge is 0.489 e. The molecule has 0 radical (unpaired) electrons. The fourth-order valence-electron chi connectivity index (χ4n) is 2.53. The fourth-order valence-corrected chi connectivity index (χ4v) is 2.53. The molecule has 0 bridgehead atoms. The average Bonchev–Trinajstić information content (AvgIpc) is 3.03. The Morgan fingerprint density at radius 2 is 1.93 bits per heavy atom. The highest BCUT2D eigenvalue weighted by atomic mass is 19.3. The molecule has 1 N–H and O–H groups in total. The van der Waals surface area contributed by atoms with Gasteiger partial charge in [0.2, 0.25) is 0 Å². The molecule has 0 unspecified atom stereocenters. The normalized spacial score (nSPS) is 10.8. The topological polar surface area (TPSA) is 73.6 Å². The maximum Gasteiger partial charge on any atom is 0.387 e. The van der Waals surface area contributed by atoms with Crippen molar-refractivity contribution in [1.29, 1.82) is 0 Å². The van der Waals surface area contributed by atoms with Gasteiger partial charge >= 0.3 is 6.61 Å². The van der Waals surface area contributed by atoms with Crippen LogP contribution >= 0.6 is 0 Å². The van der Waals surface area contributed by atoms with Gasteiger partial charge in [-0.1, -0.05) is 29.4 Å². The van der Waals surface area contributed by atoms with Gasteiger partial charge in [0, 0.05) is 0 Å². The quantitative estimate of drug-likeness (QED) is 0.634. The molecule has 0 atom stereocenters. The molecule has 0 aliphatic rings. The maximum absolute atomic E-state index is 12.7. The van der Waals surface area contributed by atoms with E-state index in [1.165, 1.54) is 12.1 Å². The van der Waals surface area contributed by atoms with Crippen molar-refractivity contribution in [3.63, 3.8) is 0 Å². The van der Waals surface area contributed by atoms with Crippen LogP contribution in [0.2, 0.25) is 0 Å². The number of hydrogen-bond acceptors (Lipinski definition) is 5. The lowest BCUT2D eigenvalue weighted by Crippen LogP contribution is -2.17. The molecule has 1 heterocycles. The van der Waals surface area contributed by atoms with Gasteiger partial charge in [-0.15, -0.1) is 0 Å². The van der Waals surface area contributed by atoms with Crippen LogP contribution in [-0.2, 0) is 6.61 Å². The molecule has 8 heteroatoms. The van der Waals surface area contributed by atoms with Gasteiger partial charge in [-0.05, 0) is 43.7 Å². The summed E-state index contributed by atoms with van der Waals surface area (Å²) in [5.74, 6) is 0.291. The van der Waals surface area contributed by atoms with E-state index in [0.717, 1.165) is 5.56 Å². The molecule has 1 amide bonds. The van der Waals surface area contributed by atoms with Crippen LogP contribution in [0.25, 0.3) is 0 Å². The predicted molar refractivity (Wildman–Crippen MR) is 97.8 cm³/mol. The third kappa shape index (κ3) is 4.64. The molecule has 0 saturated heterocycles. The number of carbonyl (C=O) groups excluding carboxylic acids is 1. The van der Waals surface area contributed by atoms with Crippen LogP contribution in [0.4, 0.5) is 14.5 Å². The van der Waals surface area contributed by atoms with Crippen LogP contribution in [-0.4, -0.2) is 17.7 Å². The zero-order chi connectivity index (χ0) is 20.1. The number of rotatable bonds is 7. The number of amides is 1. The first-order valence-electron chi connectivity index (χ1n) is 8.44. The Bertz CT molecular complexity index is 958. The molecular formula is C20H18F2N2O4. The Balaban J connectivity index is 1.79. The van der Waals surface area contributed by atoms with E-state index in [-0.39, 0.29) is 23.7 Å². The van der Waals surface area contributed by atoms with E-state index in [2.05, 4.69) is 15.2 Å². The Morgan fingerprint density at radius 1 is 1.18 bits per heavy atom. The number of aryl methyl sites for hydroxylation is 2. The molecule has 28 heavy (non-hydrogen) atoms. The predicted octanol–water partition coefficient (Wildman–Crippen LogP) is 4.72. The van der Waals surface area contributed by atoms with Crippen molar-refractivity contribution in [2.24, 2.45) is 0 Å². The second-order valence-electron chi connectivity index (χ2n) is 6.00. The molecule has 1 aromatic heterocycles. The Labute approximate surface area is 160 Å². The molecule has 146 valence electrons. The SMILES string of the molecule is Cc1ccc(OC(F)F)c(NC(=O)c2noc(C)c2COc2ccccc2)c1. The van der Waals surface area contributed by atoms with E-state index in [4.69, 9.17) is 9.26 Å². The van der Waals surface area contributed by atoms with Crippen LogP contribution < -0.4 is 14.8 Å². The minimum Gasteiger partial charge on any atom is -0.489 e. The lowest BCUT2D eigenvalue weighted by atomic mass is 10.1. The van der Waals surface area contributed by atoms with E-state index in [1.807, 2.05) is 18.2 Å². The highest BCUT2D eigenvalue weighted by Crippen LogP contribution is 2.28. The molecular weight excluding hydrogens is 370 g/mol. The van der Waals surface area contributed by atoms with Crippen molar-refractivity contribution in [3.05, 3.63) is 71.1 Å². The third-order valence-electron chi connectivity index (χ3n) is 3.93. The van der Waals surface area contributed by atoms with Crippen LogP contribution in [0.3, 0.4) is 0 Å². The first-order chi connectivity index (χ1) is 13.4. The van der Waals surface area contributed by atoms with Crippen LogP contribution in [0.5, 0.6) is 11.5 Å². The number of halogens is 2. The van der Waals surface area contributed by atoms with E-state index in [9.17, 15) is 13.6 Å². The summed E-state index contributed by atoms with van der Waals surface area (Å²) >= 11 is 0. The van der Waals surface area contributed by atoms with Crippen molar-refractivity contribution in [2.45, 2.75) is 27.1 Å². The van der Waals surface area contributed by atoms with Crippen LogP contribution in [0.15, 0.2) is 53.1 Å². The Morgan fingerprint density at radius 3 is 2.64 bits per heavy atom. The number of aromatic nitrogens is 1. The fraction of sp³-hybridized carbons (Fsp3) is 0.200. The van der Waals surface area contributed by atoms with E-state index in [1.54, 1.807) is 32.0 Å². The first kappa shape index (κ1) is 19.3. The van der Waals surface area contributed by atoms with Gasteiger partial charge in [0.25, 0.3) is 5.91 Å². The summed E-state index contributed by atoms with van der Waals surface area (Å²) < 4.78 is 40.5. The van der Waals surface area contributed by atoms with Crippen molar-refractivity contribution >= 4 is 11.6 Å². The zero-order valence-electron chi connectivity index (χ0n) is 15.2. The summed E-state index contributed by atoms with van der Waals surface area (Å²) in [5.41, 5.74) is 1.35. The number of nitrogens with one attached hydrogen (secondary N) is 1. The molecule has 0 aliphatic heterocycles. The average molecular weight is 388 g/mol. The first-order valence-corrected chi connectivity index (χ1v) is 8.44. The summed E-state index contributed by atoms with van der Waals surface area (Å²) in [5, 5.41) is 6.33. The second-order valence-corrected chi connectivity index (χ2v) is 6.00. The van der Waals surface area contributed by atoms with Gasteiger partial charge in [-0.2, -0.15) is 8.78 Å². The smallest absolute Gasteiger partial charge is 0.387 e. The maximum atomic E-state index is 12.7. The highest BCUT2D eigenvalue weighted by molar-refractivity contribution is 6.04. The molecule has 0 spiro atoms. The van der Waals surface area contributed by atoms with E-state index < -0.39 is 12.5 Å². The minimum absolute atomic E-state index is 0.0120. The van der Waals surface area contributed by atoms with Crippen molar-refractivity contribution in [1.82, 2.24) is 5.16 Å². The summed E-state index contributed by atoms with van der Waals surface area (Å²) in [7, 11) is 0. The van der Waals surface area contributed by atoms with Crippen LogP contribution in [0, 0.1) is 13.8 Å². The monoisotopic (exact) mass is 388 g/mol. The second kappa shape index (κ2) is 8.51. The lowest BCUT2D eigenvalue weighted by Gasteiger charge is -2.12. The number of ether oxygens (including phenoxy) is 2. The van der Waals surface area contributed by atoms with Crippen molar-refractivity contribution in [2.75, 3.05) is 5.32 Å². The van der Waals surface area contributed by atoms with Crippen molar-refractivity contribution in [3.8, 4) is 11.5 Å². The van der Waals surface area contributed by atoms with Crippen LogP contribution in [0.1, 0.15) is 27.4 Å². The summed E-state index contributed by atoms with van der Waals surface area (Å²) in [6.45, 7) is 0.477. The zero-order valence-corrected chi connectivity index (χ0v) is 15.2. The van der Waals surface area contributed by atoms with Crippen molar-refractivity contribution < 1.29 is 27.6 Å². The number of nitrogens with zero attached hydrogens (tertiary/aromatic N) is 1. The molecule has 0 aliphatic carbocycles. The molecule has 6 nitrogen and oxygen atoms in total. The number of alkyl halides is 2. The lowest BCUT2D eigenvalue weighted by molar-refractivity contribution is -0.0493. The number of hydrogen-bond donors (Lipinski definition) is 1. The molecule has 3 aromatic rings. The Hall–Kier alpha value is -3.42. The number of benzene rings is 2. The molecule has 0 saturated carbocycles. The summed E-state index contributed by atoms with van der Waals surface area (Å²) in [6.07, 6.45) is 0. The minimum atomic E-state index is -3.01. The number of para-hydroxylation sites is 1. The van der Waals surface area contributed by atoms with E-state index >= 15 is 0 Å². The molecule has 2 aromatic carbocycles. The number of anilines is 1. The Kier molecular flexibility index (Phi) is 5.88. The standard InChI is InChI=1S/C20H18F2N2O4/c1-12-8-9-17(27-20(21)22)16(10-12)23-19(25)18-15(13(2)28-24-18)11-26-14-6-4-3-5-7-14/h3-10,20H,11H2,1-2H3,(H,23,25). The molecule has 0 fully saturated rings. The highest BCUT2D eigenvalue weighted by Gasteiger charge is 2.22. The summed E-state index contributed by atoms with van der Waals surface area (Å²) in [4.78, 5) is 12.7.